The summed E-state index contributed by atoms with van der Waals surface area (Å²) in [6, 6.07) is 16.5. The van der Waals surface area contributed by atoms with Gasteiger partial charge in [-0.25, -0.2) is 4.68 Å². The van der Waals surface area contributed by atoms with Crippen LogP contribution in [0.5, 0.6) is 5.75 Å². The van der Waals surface area contributed by atoms with Crippen LogP contribution in [0.1, 0.15) is 26.4 Å². The number of carbonyl (C=O) groups excluding carboxylic acids is 2. The molecule has 0 unspecified atom stereocenters. The van der Waals surface area contributed by atoms with E-state index in [9.17, 15) is 9.59 Å². The second kappa shape index (κ2) is 8.41. The lowest BCUT2D eigenvalue weighted by Crippen LogP contribution is -2.50. The molecule has 7 nitrogen and oxygen atoms in total. The largest absolute Gasteiger partial charge is 0.497 e. The zero-order chi connectivity index (χ0) is 21.1. The highest BCUT2D eigenvalue weighted by Crippen LogP contribution is 2.17. The van der Waals surface area contributed by atoms with Crippen molar-refractivity contribution in [2.24, 2.45) is 0 Å². The first-order valence-electron chi connectivity index (χ1n) is 9.90. The summed E-state index contributed by atoms with van der Waals surface area (Å²) in [6.07, 6.45) is 1.75. The third-order valence-corrected chi connectivity index (χ3v) is 5.38. The Bertz CT molecular complexity index is 1030. The van der Waals surface area contributed by atoms with Gasteiger partial charge in [0.2, 0.25) is 0 Å². The molecule has 0 bridgehead atoms. The Morgan fingerprint density at radius 3 is 1.73 bits per heavy atom. The van der Waals surface area contributed by atoms with Crippen molar-refractivity contribution < 1.29 is 14.3 Å². The van der Waals surface area contributed by atoms with Gasteiger partial charge in [-0.05, 0) is 61.5 Å². The first-order chi connectivity index (χ1) is 14.6. The van der Waals surface area contributed by atoms with Crippen molar-refractivity contribution >= 4 is 11.8 Å². The first kappa shape index (κ1) is 19.7. The zero-order valence-electron chi connectivity index (χ0n) is 17.1. The molecule has 1 aromatic heterocycles. The predicted molar refractivity (Wildman–Crippen MR) is 113 cm³/mol. The number of amides is 2. The highest BCUT2D eigenvalue weighted by Gasteiger charge is 2.25. The van der Waals surface area contributed by atoms with Crippen LogP contribution in [0.3, 0.4) is 0 Å². The molecule has 4 rings (SSSR count). The summed E-state index contributed by atoms with van der Waals surface area (Å²) in [4.78, 5) is 29.1. The standard InChI is InChI=1S/C23H24N4O3/c1-17-11-12-24-27(17)20-7-3-18(4-8-20)22(28)25-13-15-26(16-14-25)23(29)19-5-9-21(30-2)10-6-19/h3-12H,13-16H2,1-2H3. The topological polar surface area (TPSA) is 67.7 Å². The summed E-state index contributed by atoms with van der Waals surface area (Å²) in [5.74, 6) is 0.676. The fourth-order valence-corrected chi connectivity index (χ4v) is 3.60. The third-order valence-electron chi connectivity index (χ3n) is 5.38. The monoisotopic (exact) mass is 404 g/mol. The molecule has 1 aliphatic heterocycles. The van der Waals surface area contributed by atoms with Gasteiger partial charge in [0.15, 0.2) is 0 Å². The second-order valence-electron chi connectivity index (χ2n) is 7.24. The van der Waals surface area contributed by atoms with Gasteiger partial charge in [0.05, 0.1) is 12.8 Å². The molecule has 1 saturated heterocycles. The molecule has 1 fully saturated rings. The Kier molecular flexibility index (Phi) is 5.52. The van der Waals surface area contributed by atoms with Crippen LogP contribution in [0.2, 0.25) is 0 Å². The SMILES string of the molecule is COc1ccc(C(=O)N2CCN(C(=O)c3ccc(-n4nccc4C)cc3)CC2)cc1. The van der Waals surface area contributed by atoms with E-state index < -0.39 is 0 Å². The van der Waals surface area contributed by atoms with Gasteiger partial charge in [-0.15, -0.1) is 0 Å². The van der Waals surface area contributed by atoms with Crippen LogP contribution in [-0.2, 0) is 0 Å². The lowest BCUT2D eigenvalue weighted by Gasteiger charge is -2.35. The quantitative estimate of drug-likeness (QED) is 0.671. The molecule has 0 N–H and O–H groups in total. The zero-order valence-corrected chi connectivity index (χ0v) is 17.1. The number of aromatic nitrogens is 2. The molecule has 0 aliphatic carbocycles. The van der Waals surface area contributed by atoms with Crippen LogP contribution in [0, 0.1) is 6.92 Å². The molecule has 154 valence electrons. The van der Waals surface area contributed by atoms with E-state index in [0.717, 1.165) is 17.1 Å². The maximum absolute atomic E-state index is 12.9. The van der Waals surface area contributed by atoms with E-state index in [4.69, 9.17) is 4.74 Å². The molecule has 1 aliphatic rings. The second-order valence-corrected chi connectivity index (χ2v) is 7.24. The van der Waals surface area contributed by atoms with E-state index >= 15 is 0 Å². The average Bonchev–Trinajstić information content (AvgIpc) is 3.24. The molecule has 7 heteroatoms. The lowest BCUT2D eigenvalue weighted by molar-refractivity contribution is 0.0535. The maximum atomic E-state index is 12.9. The molecule has 2 amide bonds. The van der Waals surface area contributed by atoms with Crippen LogP contribution >= 0.6 is 0 Å². The summed E-state index contributed by atoms with van der Waals surface area (Å²) in [7, 11) is 1.60. The molecule has 2 aromatic carbocycles. The Balaban J connectivity index is 1.37. The Morgan fingerprint density at radius 2 is 1.30 bits per heavy atom. The van der Waals surface area contributed by atoms with E-state index in [2.05, 4.69) is 5.10 Å². The van der Waals surface area contributed by atoms with Gasteiger partial charge >= 0.3 is 0 Å². The summed E-state index contributed by atoms with van der Waals surface area (Å²) in [5, 5.41) is 4.29. The molecule has 30 heavy (non-hydrogen) atoms. The number of ether oxygens (including phenoxy) is 1. The van der Waals surface area contributed by atoms with Crippen molar-refractivity contribution in [3.8, 4) is 11.4 Å². The highest BCUT2D eigenvalue weighted by atomic mass is 16.5. The molecule has 0 radical (unpaired) electrons. The number of hydrogen-bond donors (Lipinski definition) is 0. The number of methoxy groups -OCH3 is 1. The number of benzene rings is 2. The summed E-state index contributed by atoms with van der Waals surface area (Å²) in [5.41, 5.74) is 3.22. The Hall–Kier alpha value is -3.61. The van der Waals surface area contributed by atoms with E-state index in [1.807, 2.05) is 41.9 Å². The number of piperazine rings is 1. The van der Waals surface area contributed by atoms with Crippen molar-refractivity contribution in [3.63, 3.8) is 0 Å². The number of carbonyl (C=O) groups is 2. The van der Waals surface area contributed by atoms with Gasteiger partial charge in [-0.1, -0.05) is 0 Å². The summed E-state index contributed by atoms with van der Waals surface area (Å²) < 4.78 is 6.97. The molecular formula is C23H24N4O3. The maximum Gasteiger partial charge on any atom is 0.253 e. The molecule has 3 aromatic rings. The smallest absolute Gasteiger partial charge is 0.253 e. The van der Waals surface area contributed by atoms with Gasteiger partial charge in [0.25, 0.3) is 11.8 Å². The van der Waals surface area contributed by atoms with Crippen molar-refractivity contribution in [2.45, 2.75) is 6.92 Å². The van der Waals surface area contributed by atoms with Crippen LogP contribution in [0.4, 0.5) is 0 Å². The first-order valence-corrected chi connectivity index (χ1v) is 9.90. The number of aryl methyl sites for hydroxylation is 1. The fourth-order valence-electron chi connectivity index (χ4n) is 3.60. The number of hydrogen-bond acceptors (Lipinski definition) is 4. The van der Waals surface area contributed by atoms with Crippen LogP contribution in [0.25, 0.3) is 5.69 Å². The van der Waals surface area contributed by atoms with Crippen molar-refractivity contribution in [3.05, 3.63) is 77.6 Å². The normalized spacial score (nSPS) is 13.9. The average molecular weight is 404 g/mol. The number of nitrogens with zero attached hydrogens (tertiary/aromatic N) is 4. The Morgan fingerprint density at radius 1 is 0.800 bits per heavy atom. The lowest BCUT2D eigenvalue weighted by atomic mass is 10.1. The van der Waals surface area contributed by atoms with Gasteiger partial charge in [0.1, 0.15) is 5.75 Å². The summed E-state index contributed by atoms with van der Waals surface area (Å²) in [6.45, 7) is 4.04. The molecule has 0 spiro atoms. The summed E-state index contributed by atoms with van der Waals surface area (Å²) >= 11 is 0. The van der Waals surface area contributed by atoms with Gasteiger partial charge in [0, 0.05) is 49.2 Å². The van der Waals surface area contributed by atoms with E-state index in [0.29, 0.717) is 37.3 Å². The van der Waals surface area contributed by atoms with Crippen LogP contribution < -0.4 is 4.74 Å². The van der Waals surface area contributed by atoms with Crippen molar-refractivity contribution in [1.82, 2.24) is 19.6 Å². The van der Waals surface area contributed by atoms with Crippen LogP contribution in [0.15, 0.2) is 60.8 Å². The van der Waals surface area contributed by atoms with E-state index in [-0.39, 0.29) is 11.8 Å². The molecule has 2 heterocycles. The van der Waals surface area contributed by atoms with E-state index in [1.165, 1.54) is 0 Å². The van der Waals surface area contributed by atoms with Crippen molar-refractivity contribution in [2.75, 3.05) is 33.3 Å². The van der Waals surface area contributed by atoms with Gasteiger partial charge in [-0.2, -0.15) is 5.10 Å². The highest BCUT2D eigenvalue weighted by molar-refractivity contribution is 5.96. The minimum atomic E-state index is -0.0244. The minimum absolute atomic E-state index is 0.0183. The van der Waals surface area contributed by atoms with Crippen LogP contribution in [-0.4, -0.2) is 64.7 Å². The molecule has 0 saturated carbocycles. The molecule has 0 atom stereocenters. The molecular weight excluding hydrogens is 380 g/mol. The third kappa shape index (κ3) is 3.91. The van der Waals surface area contributed by atoms with Crippen molar-refractivity contribution in [1.29, 1.82) is 0 Å². The fraction of sp³-hybridized carbons (Fsp3) is 0.261. The predicted octanol–water partition coefficient (Wildman–Crippen LogP) is 2.79. The number of rotatable bonds is 4. The Labute approximate surface area is 175 Å². The van der Waals surface area contributed by atoms with Gasteiger partial charge in [-0.3, -0.25) is 9.59 Å². The van der Waals surface area contributed by atoms with Gasteiger partial charge < -0.3 is 14.5 Å². The minimum Gasteiger partial charge on any atom is -0.497 e. The van der Waals surface area contributed by atoms with E-state index in [1.54, 1.807) is 47.4 Å².